The summed E-state index contributed by atoms with van der Waals surface area (Å²) in [4.78, 5) is 8.05. The molecule has 96 valence electrons. The van der Waals surface area contributed by atoms with Crippen LogP contribution in [0.25, 0.3) is 0 Å². The zero-order valence-electron chi connectivity index (χ0n) is 10.7. The highest BCUT2D eigenvalue weighted by Gasteiger charge is 1.93. The molecule has 0 spiro atoms. The first-order valence-corrected chi connectivity index (χ1v) is 6.28. The summed E-state index contributed by atoms with van der Waals surface area (Å²) in [6, 6.07) is 7.43. The molecule has 0 atom stereocenters. The fraction of sp³-hybridized carbons (Fsp3) is 0.231. The standard InChI is InChI=1S/C7H10N2.C6H7BrN2/c1-5-3-4-7(8)9-6(5)2;1-4-5(7)2-3-6(8)9-4/h3-4H,1-2H3,(H2,8,9);2-3H,1H3,(H2,8,9). The maximum absolute atomic E-state index is 5.42. The summed E-state index contributed by atoms with van der Waals surface area (Å²) in [6.07, 6.45) is 0. The Morgan fingerprint density at radius 2 is 1.33 bits per heavy atom. The molecule has 2 rings (SSSR count). The quantitative estimate of drug-likeness (QED) is 0.784. The summed E-state index contributed by atoms with van der Waals surface area (Å²) in [5, 5.41) is 0. The number of pyridine rings is 2. The number of nitrogens with zero attached hydrogens (tertiary/aromatic N) is 2. The highest BCUT2D eigenvalue weighted by molar-refractivity contribution is 9.10. The lowest BCUT2D eigenvalue weighted by Gasteiger charge is -1.97. The molecule has 0 aliphatic carbocycles. The second-order valence-corrected chi connectivity index (χ2v) is 4.80. The molecule has 0 amide bonds. The molecule has 0 fully saturated rings. The van der Waals surface area contributed by atoms with Gasteiger partial charge in [0, 0.05) is 10.2 Å². The van der Waals surface area contributed by atoms with E-state index in [-0.39, 0.29) is 0 Å². The molecule has 0 unspecified atom stereocenters. The van der Waals surface area contributed by atoms with Crippen molar-refractivity contribution in [1.29, 1.82) is 0 Å². The highest BCUT2D eigenvalue weighted by Crippen LogP contribution is 2.13. The second-order valence-electron chi connectivity index (χ2n) is 3.94. The van der Waals surface area contributed by atoms with Crippen LogP contribution in [0, 0.1) is 20.8 Å². The van der Waals surface area contributed by atoms with Gasteiger partial charge >= 0.3 is 0 Å². The van der Waals surface area contributed by atoms with Crippen molar-refractivity contribution < 1.29 is 0 Å². The number of hydrogen-bond donors (Lipinski definition) is 2. The maximum atomic E-state index is 5.42. The van der Waals surface area contributed by atoms with Crippen molar-refractivity contribution in [1.82, 2.24) is 9.97 Å². The van der Waals surface area contributed by atoms with Crippen molar-refractivity contribution in [3.63, 3.8) is 0 Å². The van der Waals surface area contributed by atoms with Crippen LogP contribution in [0.5, 0.6) is 0 Å². The van der Waals surface area contributed by atoms with E-state index in [1.165, 1.54) is 5.56 Å². The molecule has 0 radical (unpaired) electrons. The van der Waals surface area contributed by atoms with E-state index in [1.54, 1.807) is 6.07 Å². The van der Waals surface area contributed by atoms with Gasteiger partial charge in [0.25, 0.3) is 0 Å². The molecule has 0 aromatic carbocycles. The van der Waals surface area contributed by atoms with Gasteiger partial charge in [-0.15, -0.1) is 0 Å². The largest absolute Gasteiger partial charge is 0.384 e. The van der Waals surface area contributed by atoms with E-state index in [0.29, 0.717) is 11.6 Å². The smallest absolute Gasteiger partial charge is 0.123 e. The van der Waals surface area contributed by atoms with Crippen molar-refractivity contribution in [3.8, 4) is 0 Å². The molecule has 18 heavy (non-hydrogen) atoms. The summed E-state index contributed by atoms with van der Waals surface area (Å²) in [5.74, 6) is 1.16. The third-order valence-corrected chi connectivity index (χ3v) is 3.25. The monoisotopic (exact) mass is 308 g/mol. The molecule has 2 heterocycles. The Morgan fingerprint density at radius 3 is 1.72 bits per heavy atom. The Hall–Kier alpha value is -1.62. The van der Waals surface area contributed by atoms with Crippen LogP contribution in [-0.4, -0.2) is 9.97 Å². The Kier molecular flexibility index (Phi) is 5.09. The molecular weight excluding hydrogens is 292 g/mol. The minimum atomic E-state index is 0.565. The summed E-state index contributed by atoms with van der Waals surface area (Å²) in [5.41, 5.74) is 13.9. The van der Waals surface area contributed by atoms with Crippen LogP contribution in [0.3, 0.4) is 0 Å². The number of aromatic nitrogens is 2. The van der Waals surface area contributed by atoms with Gasteiger partial charge < -0.3 is 11.5 Å². The zero-order valence-corrected chi connectivity index (χ0v) is 12.3. The van der Waals surface area contributed by atoms with Crippen molar-refractivity contribution in [2.75, 3.05) is 11.5 Å². The highest BCUT2D eigenvalue weighted by atomic mass is 79.9. The van der Waals surface area contributed by atoms with Gasteiger partial charge in [0.05, 0.1) is 5.69 Å². The molecule has 0 saturated carbocycles. The van der Waals surface area contributed by atoms with Crippen LogP contribution in [0.1, 0.15) is 17.0 Å². The normalized spacial score (nSPS) is 9.56. The molecular formula is C13H17BrN4. The Bertz CT molecular complexity index is 491. The van der Waals surface area contributed by atoms with Crippen LogP contribution in [0.2, 0.25) is 0 Å². The predicted octanol–water partition coefficient (Wildman–Crippen LogP) is 3.02. The maximum Gasteiger partial charge on any atom is 0.123 e. The van der Waals surface area contributed by atoms with E-state index in [0.717, 1.165) is 15.9 Å². The van der Waals surface area contributed by atoms with Crippen LogP contribution in [-0.2, 0) is 0 Å². The van der Waals surface area contributed by atoms with E-state index in [9.17, 15) is 0 Å². The molecule has 0 aliphatic rings. The average Bonchev–Trinajstić information content (AvgIpc) is 2.30. The van der Waals surface area contributed by atoms with Gasteiger partial charge in [0.2, 0.25) is 0 Å². The predicted molar refractivity (Wildman–Crippen MR) is 79.2 cm³/mol. The first-order chi connectivity index (χ1) is 8.40. The Labute approximate surface area is 116 Å². The number of hydrogen-bond acceptors (Lipinski definition) is 4. The molecule has 4 N–H and O–H groups in total. The third-order valence-electron chi connectivity index (χ3n) is 2.41. The summed E-state index contributed by atoms with van der Waals surface area (Å²) < 4.78 is 0.997. The fourth-order valence-electron chi connectivity index (χ4n) is 1.21. The van der Waals surface area contributed by atoms with Gasteiger partial charge in [-0.3, -0.25) is 0 Å². The third kappa shape index (κ3) is 4.33. The van der Waals surface area contributed by atoms with E-state index < -0.39 is 0 Å². The minimum Gasteiger partial charge on any atom is -0.384 e. The van der Waals surface area contributed by atoms with Gasteiger partial charge in [0.15, 0.2) is 0 Å². The number of nitrogen functional groups attached to an aromatic ring is 2. The van der Waals surface area contributed by atoms with Gasteiger partial charge in [-0.05, 0) is 60.5 Å². The lowest BCUT2D eigenvalue weighted by atomic mass is 10.2. The summed E-state index contributed by atoms with van der Waals surface area (Å²) >= 11 is 3.31. The first-order valence-electron chi connectivity index (χ1n) is 5.48. The molecule has 2 aromatic heterocycles. The minimum absolute atomic E-state index is 0.565. The van der Waals surface area contributed by atoms with Crippen LogP contribution < -0.4 is 11.5 Å². The van der Waals surface area contributed by atoms with Crippen molar-refractivity contribution in [3.05, 3.63) is 45.7 Å². The summed E-state index contributed by atoms with van der Waals surface area (Å²) in [6.45, 7) is 5.87. The lowest BCUT2D eigenvalue weighted by molar-refractivity contribution is 1.16. The SMILES string of the molecule is Cc1ccc(N)nc1C.Cc1nc(N)ccc1Br. The second kappa shape index (κ2) is 6.35. The fourth-order valence-corrected chi connectivity index (χ4v) is 1.43. The molecule has 0 aliphatic heterocycles. The van der Waals surface area contributed by atoms with Crippen LogP contribution >= 0.6 is 15.9 Å². The van der Waals surface area contributed by atoms with E-state index in [2.05, 4.69) is 25.9 Å². The lowest BCUT2D eigenvalue weighted by Crippen LogP contribution is -1.92. The van der Waals surface area contributed by atoms with Gasteiger partial charge in [-0.1, -0.05) is 6.07 Å². The van der Waals surface area contributed by atoms with E-state index in [4.69, 9.17) is 11.5 Å². The van der Waals surface area contributed by atoms with Crippen LogP contribution in [0.4, 0.5) is 11.6 Å². The first kappa shape index (κ1) is 14.4. The molecule has 2 aromatic rings. The number of aryl methyl sites for hydroxylation is 3. The molecule has 5 heteroatoms. The molecule has 0 bridgehead atoms. The van der Waals surface area contributed by atoms with Crippen molar-refractivity contribution in [2.24, 2.45) is 0 Å². The average molecular weight is 309 g/mol. The topological polar surface area (TPSA) is 77.8 Å². The Morgan fingerprint density at radius 1 is 0.833 bits per heavy atom. The van der Waals surface area contributed by atoms with Crippen LogP contribution in [0.15, 0.2) is 28.7 Å². The zero-order chi connectivity index (χ0) is 13.7. The molecule has 0 saturated heterocycles. The molecule has 4 nitrogen and oxygen atoms in total. The number of halogens is 1. The van der Waals surface area contributed by atoms with Gasteiger partial charge in [0.1, 0.15) is 11.6 Å². The van der Waals surface area contributed by atoms with E-state index in [1.807, 2.05) is 39.0 Å². The summed E-state index contributed by atoms with van der Waals surface area (Å²) in [7, 11) is 0. The van der Waals surface area contributed by atoms with Gasteiger partial charge in [-0.2, -0.15) is 0 Å². The van der Waals surface area contributed by atoms with E-state index >= 15 is 0 Å². The number of anilines is 2. The van der Waals surface area contributed by atoms with Gasteiger partial charge in [-0.25, -0.2) is 9.97 Å². The Balaban J connectivity index is 0.000000180. The number of nitrogens with two attached hydrogens (primary N) is 2. The van der Waals surface area contributed by atoms with Crippen molar-refractivity contribution in [2.45, 2.75) is 20.8 Å². The van der Waals surface area contributed by atoms with Crippen molar-refractivity contribution >= 4 is 27.6 Å². The number of rotatable bonds is 0.